The average molecular weight is 294 g/mol. The van der Waals surface area contributed by atoms with E-state index in [0.29, 0.717) is 30.5 Å². The van der Waals surface area contributed by atoms with Gasteiger partial charge in [0.25, 0.3) is 5.91 Å². The minimum absolute atomic E-state index is 0.00911. The summed E-state index contributed by atoms with van der Waals surface area (Å²) in [4.78, 5) is 12.0. The number of anilines is 1. The lowest BCUT2D eigenvalue weighted by Gasteiger charge is -2.22. The third-order valence-corrected chi connectivity index (χ3v) is 3.81. The SMILES string of the molecule is Cc1cc(N)cc(C(=O)NCCOC2CCCCC2)c1F. The number of hydrogen-bond donors (Lipinski definition) is 2. The number of aryl methyl sites for hydroxylation is 1. The summed E-state index contributed by atoms with van der Waals surface area (Å²) in [6, 6.07) is 2.87. The Kier molecular flexibility index (Phi) is 5.56. The van der Waals surface area contributed by atoms with Gasteiger partial charge in [-0.2, -0.15) is 0 Å². The largest absolute Gasteiger partial charge is 0.399 e. The van der Waals surface area contributed by atoms with Crippen LogP contribution in [0.3, 0.4) is 0 Å². The van der Waals surface area contributed by atoms with Gasteiger partial charge in [0, 0.05) is 12.2 Å². The number of amides is 1. The highest BCUT2D eigenvalue weighted by atomic mass is 19.1. The Hall–Kier alpha value is -1.62. The quantitative estimate of drug-likeness (QED) is 0.648. The highest BCUT2D eigenvalue weighted by molar-refractivity contribution is 5.95. The topological polar surface area (TPSA) is 64.4 Å². The van der Waals surface area contributed by atoms with Crippen molar-refractivity contribution in [1.29, 1.82) is 0 Å². The number of hydrogen-bond acceptors (Lipinski definition) is 3. The van der Waals surface area contributed by atoms with Crippen LogP contribution in [0, 0.1) is 12.7 Å². The third kappa shape index (κ3) is 4.43. The van der Waals surface area contributed by atoms with Gasteiger partial charge in [-0.05, 0) is 37.5 Å². The van der Waals surface area contributed by atoms with Gasteiger partial charge in [0.05, 0.1) is 18.3 Å². The molecule has 2 rings (SSSR count). The highest BCUT2D eigenvalue weighted by Gasteiger charge is 2.16. The van der Waals surface area contributed by atoms with Crippen LogP contribution in [-0.2, 0) is 4.74 Å². The number of carbonyl (C=O) groups excluding carboxylic acids is 1. The molecule has 0 radical (unpaired) electrons. The van der Waals surface area contributed by atoms with E-state index in [2.05, 4.69) is 5.32 Å². The zero-order chi connectivity index (χ0) is 15.2. The molecule has 1 aromatic rings. The predicted octanol–water partition coefficient (Wildman–Crippen LogP) is 2.80. The van der Waals surface area contributed by atoms with Gasteiger partial charge in [-0.25, -0.2) is 4.39 Å². The molecule has 0 heterocycles. The smallest absolute Gasteiger partial charge is 0.254 e. The van der Waals surface area contributed by atoms with Crippen molar-refractivity contribution in [3.63, 3.8) is 0 Å². The van der Waals surface area contributed by atoms with Gasteiger partial charge >= 0.3 is 0 Å². The second-order valence-electron chi connectivity index (χ2n) is 5.59. The monoisotopic (exact) mass is 294 g/mol. The summed E-state index contributed by atoms with van der Waals surface area (Å²) in [6.07, 6.45) is 6.20. The number of nitrogens with one attached hydrogen (secondary N) is 1. The van der Waals surface area contributed by atoms with Crippen LogP contribution in [0.1, 0.15) is 48.0 Å². The lowest BCUT2D eigenvalue weighted by molar-refractivity contribution is 0.0299. The van der Waals surface area contributed by atoms with E-state index >= 15 is 0 Å². The van der Waals surface area contributed by atoms with Crippen molar-refractivity contribution < 1.29 is 13.9 Å². The van der Waals surface area contributed by atoms with Gasteiger partial charge in [0.1, 0.15) is 5.82 Å². The summed E-state index contributed by atoms with van der Waals surface area (Å²) in [5.74, 6) is -0.968. The molecule has 0 saturated heterocycles. The van der Waals surface area contributed by atoms with E-state index in [4.69, 9.17) is 10.5 Å². The summed E-state index contributed by atoms with van der Waals surface area (Å²) in [6.45, 7) is 2.43. The minimum atomic E-state index is -0.519. The van der Waals surface area contributed by atoms with E-state index in [9.17, 15) is 9.18 Å². The van der Waals surface area contributed by atoms with Crippen molar-refractivity contribution in [3.05, 3.63) is 29.1 Å². The third-order valence-electron chi connectivity index (χ3n) is 3.81. The molecule has 0 aromatic heterocycles. The number of nitrogen functional groups attached to an aromatic ring is 1. The molecule has 4 nitrogen and oxygen atoms in total. The number of halogens is 1. The Morgan fingerprint density at radius 3 is 2.81 bits per heavy atom. The molecule has 1 amide bonds. The van der Waals surface area contributed by atoms with Crippen molar-refractivity contribution >= 4 is 11.6 Å². The molecule has 1 fully saturated rings. The van der Waals surface area contributed by atoms with Crippen molar-refractivity contribution in [1.82, 2.24) is 5.32 Å². The van der Waals surface area contributed by atoms with Gasteiger partial charge in [-0.3, -0.25) is 4.79 Å². The van der Waals surface area contributed by atoms with E-state index in [0.717, 1.165) is 12.8 Å². The van der Waals surface area contributed by atoms with Crippen LogP contribution in [-0.4, -0.2) is 25.2 Å². The molecule has 0 aliphatic heterocycles. The Morgan fingerprint density at radius 1 is 1.38 bits per heavy atom. The Bertz CT molecular complexity index is 499. The van der Waals surface area contributed by atoms with Crippen LogP contribution in [0.25, 0.3) is 0 Å². The van der Waals surface area contributed by atoms with E-state index in [1.54, 1.807) is 6.92 Å². The standard InChI is InChI=1S/C16H23FN2O2/c1-11-9-12(18)10-14(15(11)17)16(20)19-7-8-21-13-5-3-2-4-6-13/h9-10,13H,2-8,18H2,1H3,(H,19,20). The van der Waals surface area contributed by atoms with Crippen molar-refractivity contribution in [2.45, 2.75) is 45.1 Å². The van der Waals surface area contributed by atoms with E-state index in [1.807, 2.05) is 0 Å². The van der Waals surface area contributed by atoms with Gasteiger partial charge < -0.3 is 15.8 Å². The molecule has 116 valence electrons. The lowest BCUT2D eigenvalue weighted by atomic mass is 9.98. The normalized spacial score (nSPS) is 15.9. The van der Waals surface area contributed by atoms with E-state index in [1.165, 1.54) is 31.4 Å². The zero-order valence-electron chi connectivity index (χ0n) is 12.5. The summed E-state index contributed by atoms with van der Waals surface area (Å²) in [5, 5.41) is 2.67. The molecule has 3 N–H and O–H groups in total. The van der Waals surface area contributed by atoms with Crippen LogP contribution in [0.4, 0.5) is 10.1 Å². The molecule has 0 bridgehead atoms. The first-order chi connectivity index (χ1) is 10.1. The molecule has 21 heavy (non-hydrogen) atoms. The maximum Gasteiger partial charge on any atom is 0.254 e. The van der Waals surface area contributed by atoms with Crippen LogP contribution in [0.2, 0.25) is 0 Å². The van der Waals surface area contributed by atoms with Crippen LogP contribution < -0.4 is 11.1 Å². The molecule has 5 heteroatoms. The Balaban J connectivity index is 1.79. The first kappa shape index (κ1) is 15.8. The lowest BCUT2D eigenvalue weighted by Crippen LogP contribution is -2.30. The second kappa shape index (κ2) is 7.41. The first-order valence-electron chi connectivity index (χ1n) is 7.53. The zero-order valence-corrected chi connectivity index (χ0v) is 12.5. The number of benzene rings is 1. The van der Waals surface area contributed by atoms with Crippen molar-refractivity contribution in [3.8, 4) is 0 Å². The summed E-state index contributed by atoms with van der Waals surface area (Å²) in [5.41, 5.74) is 6.40. The first-order valence-corrected chi connectivity index (χ1v) is 7.53. The summed E-state index contributed by atoms with van der Waals surface area (Å²) in [7, 11) is 0. The molecule has 1 saturated carbocycles. The van der Waals surface area contributed by atoms with Gasteiger partial charge in [0.15, 0.2) is 0 Å². The second-order valence-corrected chi connectivity index (χ2v) is 5.59. The molecule has 1 aliphatic rings. The molecule has 0 atom stereocenters. The molecule has 1 aliphatic carbocycles. The number of rotatable bonds is 5. The number of carbonyl (C=O) groups is 1. The molecule has 1 aromatic carbocycles. The summed E-state index contributed by atoms with van der Waals surface area (Å²) >= 11 is 0. The van der Waals surface area contributed by atoms with Crippen LogP contribution in [0.5, 0.6) is 0 Å². The van der Waals surface area contributed by atoms with Gasteiger partial charge in [-0.15, -0.1) is 0 Å². The predicted molar refractivity (Wildman–Crippen MR) is 80.7 cm³/mol. The fourth-order valence-electron chi connectivity index (χ4n) is 2.68. The molecule has 0 unspecified atom stereocenters. The van der Waals surface area contributed by atoms with Crippen LogP contribution >= 0.6 is 0 Å². The molecular weight excluding hydrogens is 271 g/mol. The van der Waals surface area contributed by atoms with E-state index < -0.39 is 11.7 Å². The number of ether oxygens (including phenoxy) is 1. The highest BCUT2D eigenvalue weighted by Crippen LogP contribution is 2.20. The minimum Gasteiger partial charge on any atom is -0.399 e. The van der Waals surface area contributed by atoms with Crippen molar-refractivity contribution in [2.24, 2.45) is 0 Å². The maximum atomic E-state index is 13.9. The average Bonchev–Trinajstić information content (AvgIpc) is 2.48. The maximum absolute atomic E-state index is 13.9. The Morgan fingerprint density at radius 2 is 2.10 bits per heavy atom. The fourth-order valence-corrected chi connectivity index (χ4v) is 2.68. The van der Waals surface area contributed by atoms with Crippen molar-refractivity contribution in [2.75, 3.05) is 18.9 Å². The van der Waals surface area contributed by atoms with Crippen LogP contribution in [0.15, 0.2) is 12.1 Å². The van der Waals surface area contributed by atoms with Gasteiger partial charge in [0.2, 0.25) is 0 Å². The van der Waals surface area contributed by atoms with E-state index in [-0.39, 0.29) is 5.56 Å². The fraction of sp³-hybridized carbons (Fsp3) is 0.562. The van der Waals surface area contributed by atoms with Gasteiger partial charge in [-0.1, -0.05) is 19.3 Å². The molecule has 0 spiro atoms. The number of nitrogens with two attached hydrogens (primary N) is 1. The Labute approximate surface area is 124 Å². The molecular formula is C16H23FN2O2. The summed E-state index contributed by atoms with van der Waals surface area (Å²) < 4.78 is 19.6.